The molecule has 0 fully saturated rings. The van der Waals surface area contributed by atoms with Crippen LogP contribution in [0.4, 0.5) is 11.6 Å². The summed E-state index contributed by atoms with van der Waals surface area (Å²) in [5.41, 5.74) is 5.06. The van der Waals surface area contributed by atoms with Gasteiger partial charge in [-0.25, -0.2) is 4.68 Å². The number of aromatic nitrogens is 3. The minimum absolute atomic E-state index is 0.239. The zero-order chi connectivity index (χ0) is 26.6. The predicted molar refractivity (Wildman–Crippen MR) is 150 cm³/mol. The molecule has 0 saturated heterocycles. The van der Waals surface area contributed by atoms with E-state index in [1.54, 1.807) is 18.9 Å². The summed E-state index contributed by atoms with van der Waals surface area (Å²) in [7, 11) is 3.24. The van der Waals surface area contributed by atoms with Crippen molar-refractivity contribution < 1.29 is 14.3 Å². The van der Waals surface area contributed by atoms with Crippen LogP contribution >= 0.6 is 11.8 Å². The molecule has 1 aromatic heterocycles. The molecule has 2 heterocycles. The van der Waals surface area contributed by atoms with Crippen molar-refractivity contribution in [3.8, 4) is 11.5 Å². The van der Waals surface area contributed by atoms with Gasteiger partial charge in [0.25, 0.3) is 5.91 Å². The lowest BCUT2D eigenvalue weighted by atomic mass is 9.94. The summed E-state index contributed by atoms with van der Waals surface area (Å²) >= 11 is 1.53. The zero-order valence-electron chi connectivity index (χ0n) is 21.7. The quantitative estimate of drug-likeness (QED) is 0.279. The minimum atomic E-state index is -0.458. The maximum absolute atomic E-state index is 13.7. The molecular formula is C29H29N5O3S. The molecule has 8 nitrogen and oxygen atoms in total. The lowest BCUT2D eigenvalue weighted by Crippen LogP contribution is -2.31. The number of rotatable bonds is 8. The molecule has 0 bridgehead atoms. The maximum Gasteiger partial charge on any atom is 0.255 e. The van der Waals surface area contributed by atoms with Crippen LogP contribution < -0.4 is 20.1 Å². The van der Waals surface area contributed by atoms with Gasteiger partial charge in [0.1, 0.15) is 17.5 Å². The molecule has 38 heavy (non-hydrogen) atoms. The van der Waals surface area contributed by atoms with Crippen LogP contribution in [0.2, 0.25) is 0 Å². The molecule has 0 saturated carbocycles. The van der Waals surface area contributed by atoms with E-state index >= 15 is 0 Å². The molecule has 2 N–H and O–H groups in total. The van der Waals surface area contributed by atoms with Crippen molar-refractivity contribution in [3.63, 3.8) is 0 Å². The van der Waals surface area contributed by atoms with Crippen LogP contribution in [0.3, 0.4) is 0 Å². The second-order valence-electron chi connectivity index (χ2n) is 8.93. The van der Waals surface area contributed by atoms with E-state index in [0.29, 0.717) is 39.6 Å². The average molecular weight is 528 g/mol. The van der Waals surface area contributed by atoms with Gasteiger partial charge in [0.15, 0.2) is 0 Å². The highest BCUT2D eigenvalue weighted by molar-refractivity contribution is 7.98. The highest BCUT2D eigenvalue weighted by Gasteiger charge is 2.34. The van der Waals surface area contributed by atoms with E-state index in [2.05, 4.69) is 10.6 Å². The van der Waals surface area contributed by atoms with Gasteiger partial charge < -0.3 is 20.1 Å². The Bertz CT molecular complexity index is 1500. The molecule has 0 spiro atoms. The number of methoxy groups -OCH3 is 2. The fraction of sp³-hybridized carbons (Fsp3) is 0.207. The summed E-state index contributed by atoms with van der Waals surface area (Å²) in [5, 5.41) is 11.8. The maximum atomic E-state index is 13.7. The Morgan fingerprint density at radius 2 is 1.82 bits per heavy atom. The SMILES string of the molecule is COc1cccc(CSc2nc3n(n2)[C@@H](c2ccc(C)cc2)C(C(=O)Nc2ccccc2OC)=C(C)N3)c1. The van der Waals surface area contributed by atoms with Gasteiger partial charge in [0.2, 0.25) is 11.1 Å². The Balaban J connectivity index is 1.48. The Morgan fingerprint density at radius 3 is 2.58 bits per heavy atom. The van der Waals surface area contributed by atoms with E-state index in [1.165, 1.54) is 11.8 Å². The zero-order valence-corrected chi connectivity index (χ0v) is 22.5. The topological polar surface area (TPSA) is 90.3 Å². The molecule has 1 aliphatic heterocycles. The molecule has 5 rings (SSSR count). The van der Waals surface area contributed by atoms with Crippen molar-refractivity contribution in [2.45, 2.75) is 30.8 Å². The predicted octanol–water partition coefficient (Wildman–Crippen LogP) is 5.82. The fourth-order valence-corrected chi connectivity index (χ4v) is 5.16. The van der Waals surface area contributed by atoms with Crippen LogP contribution in [0.15, 0.2) is 89.2 Å². The smallest absolute Gasteiger partial charge is 0.255 e. The highest BCUT2D eigenvalue weighted by atomic mass is 32.2. The van der Waals surface area contributed by atoms with Gasteiger partial charge in [-0.15, -0.1) is 5.10 Å². The van der Waals surface area contributed by atoms with Gasteiger partial charge in [0, 0.05) is 11.4 Å². The van der Waals surface area contributed by atoms with Gasteiger partial charge in [-0.1, -0.05) is 65.9 Å². The van der Waals surface area contributed by atoms with E-state index in [4.69, 9.17) is 19.6 Å². The highest BCUT2D eigenvalue weighted by Crippen LogP contribution is 2.37. The Labute approximate surface area is 226 Å². The number of amides is 1. The molecule has 9 heteroatoms. The summed E-state index contributed by atoms with van der Waals surface area (Å²) in [6.45, 7) is 3.93. The molecule has 1 atom stereocenters. The van der Waals surface area contributed by atoms with Crippen LogP contribution in [0.5, 0.6) is 11.5 Å². The Hall–Kier alpha value is -4.24. The summed E-state index contributed by atoms with van der Waals surface area (Å²) in [6.07, 6.45) is 0. The summed E-state index contributed by atoms with van der Waals surface area (Å²) < 4.78 is 12.6. The molecule has 1 amide bonds. The molecule has 194 valence electrons. The molecular weight excluding hydrogens is 498 g/mol. The van der Waals surface area contributed by atoms with E-state index in [9.17, 15) is 4.79 Å². The van der Waals surface area contributed by atoms with Crippen LogP contribution in [0.25, 0.3) is 0 Å². The van der Waals surface area contributed by atoms with Gasteiger partial charge in [-0.05, 0) is 49.2 Å². The largest absolute Gasteiger partial charge is 0.497 e. The molecule has 4 aromatic rings. The molecule has 3 aromatic carbocycles. The van der Waals surface area contributed by atoms with Crippen LogP contribution in [-0.2, 0) is 10.5 Å². The van der Waals surface area contributed by atoms with Crippen molar-refractivity contribution in [3.05, 3.63) is 101 Å². The van der Waals surface area contributed by atoms with E-state index in [1.807, 2.05) is 86.6 Å². The first-order valence-electron chi connectivity index (χ1n) is 12.2. The van der Waals surface area contributed by atoms with Crippen molar-refractivity contribution in [2.24, 2.45) is 0 Å². The summed E-state index contributed by atoms with van der Waals surface area (Å²) in [4.78, 5) is 18.5. The van der Waals surface area contributed by atoms with Gasteiger partial charge in [0.05, 0.1) is 25.5 Å². The third-order valence-corrected chi connectivity index (χ3v) is 7.24. The van der Waals surface area contributed by atoms with Crippen LogP contribution in [0.1, 0.15) is 29.7 Å². The number of nitrogens with zero attached hydrogens (tertiary/aromatic N) is 3. The lowest BCUT2D eigenvalue weighted by molar-refractivity contribution is -0.113. The number of para-hydroxylation sites is 2. The van der Waals surface area contributed by atoms with E-state index in [0.717, 1.165) is 22.4 Å². The Kier molecular flexibility index (Phi) is 7.37. The molecule has 0 aliphatic carbocycles. The number of aryl methyl sites for hydroxylation is 1. The minimum Gasteiger partial charge on any atom is -0.497 e. The third kappa shape index (κ3) is 5.24. The molecule has 0 unspecified atom stereocenters. The van der Waals surface area contributed by atoms with Crippen LogP contribution in [0, 0.1) is 6.92 Å². The second kappa shape index (κ2) is 11.0. The van der Waals surface area contributed by atoms with E-state index < -0.39 is 6.04 Å². The van der Waals surface area contributed by atoms with Crippen LogP contribution in [-0.4, -0.2) is 34.9 Å². The normalized spacial score (nSPS) is 14.5. The van der Waals surface area contributed by atoms with Gasteiger partial charge >= 0.3 is 0 Å². The van der Waals surface area contributed by atoms with E-state index in [-0.39, 0.29) is 5.91 Å². The number of nitrogens with one attached hydrogen (secondary N) is 2. The lowest BCUT2D eigenvalue weighted by Gasteiger charge is -2.29. The van der Waals surface area contributed by atoms with Gasteiger partial charge in [-0.2, -0.15) is 4.98 Å². The number of anilines is 2. The monoisotopic (exact) mass is 527 g/mol. The second-order valence-corrected chi connectivity index (χ2v) is 9.88. The summed E-state index contributed by atoms with van der Waals surface area (Å²) in [5.74, 6) is 2.44. The number of ether oxygens (including phenoxy) is 2. The number of benzene rings is 3. The standard InChI is InChI=1S/C29H29N5O3S/c1-18-12-14-21(15-13-18)26-25(27(35)31-23-10-5-6-11-24(23)37-4)19(2)30-28-32-29(33-34(26)28)38-17-20-8-7-9-22(16-20)36-3/h5-16,26H,17H2,1-4H3,(H,31,35)(H,30,32,33)/t26-/m0/s1. The fourth-order valence-electron chi connectivity index (χ4n) is 4.39. The first-order valence-corrected chi connectivity index (χ1v) is 13.2. The number of fused-ring (bicyclic) bond motifs is 1. The average Bonchev–Trinajstić information content (AvgIpc) is 3.34. The number of carbonyl (C=O) groups excluding carboxylic acids is 1. The molecule has 0 radical (unpaired) electrons. The van der Waals surface area contributed by atoms with Crippen molar-refractivity contribution in [2.75, 3.05) is 24.9 Å². The number of thioether (sulfide) groups is 1. The first kappa shape index (κ1) is 25.4. The van der Waals surface area contributed by atoms with Crippen molar-refractivity contribution in [1.29, 1.82) is 0 Å². The number of carbonyl (C=O) groups is 1. The Morgan fingerprint density at radius 1 is 1.03 bits per heavy atom. The van der Waals surface area contributed by atoms with Gasteiger partial charge in [-0.3, -0.25) is 4.79 Å². The number of hydrogen-bond donors (Lipinski definition) is 2. The summed E-state index contributed by atoms with van der Waals surface area (Å²) in [6, 6.07) is 23.0. The number of allylic oxidation sites excluding steroid dienone is 1. The third-order valence-electron chi connectivity index (χ3n) is 6.33. The first-order chi connectivity index (χ1) is 18.5. The van der Waals surface area contributed by atoms with Crippen molar-refractivity contribution >= 4 is 29.3 Å². The number of hydrogen-bond acceptors (Lipinski definition) is 7. The van der Waals surface area contributed by atoms with Crippen molar-refractivity contribution in [1.82, 2.24) is 14.8 Å². The molecule has 1 aliphatic rings.